The fraction of sp³-hybridized carbons (Fsp3) is 0.476. The molecular weight excluding hydrogens is 326 g/mol. The van der Waals surface area contributed by atoms with E-state index in [1.807, 2.05) is 24.4 Å². The van der Waals surface area contributed by atoms with E-state index in [1.165, 1.54) is 0 Å². The summed E-state index contributed by atoms with van der Waals surface area (Å²) in [6, 6.07) is 10.4. The van der Waals surface area contributed by atoms with Crippen LogP contribution < -0.4 is 5.32 Å². The van der Waals surface area contributed by atoms with Crippen molar-refractivity contribution in [1.29, 1.82) is 0 Å². The molecule has 0 amide bonds. The smallest absolute Gasteiger partial charge is 0.164 e. The Labute approximate surface area is 153 Å². The van der Waals surface area contributed by atoms with Crippen molar-refractivity contribution in [3.05, 3.63) is 58.9 Å². The molecule has 1 unspecified atom stereocenters. The van der Waals surface area contributed by atoms with Crippen LogP contribution in [0.5, 0.6) is 0 Å². The van der Waals surface area contributed by atoms with E-state index >= 15 is 0 Å². The first-order valence-corrected chi connectivity index (χ1v) is 9.46. The molecule has 3 heterocycles. The number of carbonyl (C=O) groups excluding carboxylic acids is 1. The summed E-state index contributed by atoms with van der Waals surface area (Å²) in [4.78, 5) is 13.5. The predicted octanol–water partition coefficient (Wildman–Crippen LogP) is 3.64. The number of fused-ring (bicyclic) bond motifs is 1. The maximum atomic E-state index is 13.5. The molecule has 26 heavy (non-hydrogen) atoms. The Bertz CT molecular complexity index is 849. The highest BCUT2D eigenvalue weighted by Crippen LogP contribution is 2.55. The molecule has 1 aromatic carbocycles. The Morgan fingerprint density at radius 2 is 2.12 bits per heavy atom. The molecule has 3 atom stereocenters. The SMILES string of the molecule is CC[C@]1(c2ccccc2)C2=CN=NC2NC2=C1C(=O)C[C@]1(CCOC1)C2. The fourth-order valence-corrected chi connectivity index (χ4v) is 5.34. The number of nitrogens with zero attached hydrogens (tertiary/aromatic N) is 2. The van der Waals surface area contributed by atoms with Crippen LogP contribution in [0, 0.1) is 5.41 Å². The van der Waals surface area contributed by atoms with E-state index in [0.717, 1.165) is 48.3 Å². The summed E-state index contributed by atoms with van der Waals surface area (Å²) in [6.07, 6.45) is 4.90. The van der Waals surface area contributed by atoms with E-state index in [9.17, 15) is 4.79 Å². The van der Waals surface area contributed by atoms with Crippen LogP contribution in [0.3, 0.4) is 0 Å². The van der Waals surface area contributed by atoms with Gasteiger partial charge in [-0.1, -0.05) is 37.3 Å². The van der Waals surface area contributed by atoms with Crippen molar-refractivity contribution in [1.82, 2.24) is 5.32 Å². The molecule has 5 nitrogen and oxygen atoms in total. The summed E-state index contributed by atoms with van der Waals surface area (Å²) >= 11 is 0. The number of hydrogen-bond acceptors (Lipinski definition) is 5. The molecule has 4 aliphatic rings. The zero-order valence-electron chi connectivity index (χ0n) is 15.0. The van der Waals surface area contributed by atoms with E-state index in [4.69, 9.17) is 4.74 Å². The Morgan fingerprint density at radius 3 is 2.85 bits per heavy atom. The summed E-state index contributed by atoms with van der Waals surface area (Å²) in [5, 5.41) is 12.1. The van der Waals surface area contributed by atoms with Crippen LogP contribution in [-0.4, -0.2) is 25.2 Å². The standard InChI is InChI=1S/C21H23N3O2/c1-2-21(14-6-4-3-5-7-14)15-12-22-24-19(15)23-16-10-20(8-9-26-13-20)11-17(25)18(16)21/h3-7,12,19,23H,2,8-11,13H2,1H3/t19?,20-,21-/m0/s1. The molecule has 0 bridgehead atoms. The lowest BCUT2D eigenvalue weighted by Gasteiger charge is -2.48. The Balaban J connectivity index is 1.72. The van der Waals surface area contributed by atoms with Crippen LogP contribution in [-0.2, 0) is 14.9 Å². The van der Waals surface area contributed by atoms with Gasteiger partial charge >= 0.3 is 0 Å². The fourth-order valence-electron chi connectivity index (χ4n) is 5.34. The van der Waals surface area contributed by atoms with Gasteiger partial charge in [0.25, 0.3) is 0 Å². The van der Waals surface area contributed by atoms with Gasteiger partial charge in [0.15, 0.2) is 11.9 Å². The molecule has 0 radical (unpaired) electrons. The molecule has 134 valence electrons. The van der Waals surface area contributed by atoms with Crippen molar-refractivity contribution in [2.45, 2.75) is 44.2 Å². The highest BCUT2D eigenvalue weighted by Gasteiger charge is 2.54. The molecule has 1 aliphatic carbocycles. The highest BCUT2D eigenvalue weighted by molar-refractivity contribution is 6.01. The number of hydrogen-bond donors (Lipinski definition) is 1. The molecule has 1 fully saturated rings. The summed E-state index contributed by atoms with van der Waals surface area (Å²) in [7, 11) is 0. The Hall–Kier alpha value is -2.27. The summed E-state index contributed by atoms with van der Waals surface area (Å²) in [5.41, 5.74) is 3.76. The van der Waals surface area contributed by atoms with Crippen LogP contribution in [0.4, 0.5) is 0 Å². The number of azo groups is 1. The minimum atomic E-state index is -0.436. The van der Waals surface area contributed by atoms with Gasteiger partial charge in [0, 0.05) is 35.3 Å². The summed E-state index contributed by atoms with van der Waals surface area (Å²) in [5.74, 6) is 0.251. The highest BCUT2D eigenvalue weighted by atomic mass is 16.5. The second kappa shape index (κ2) is 5.61. The molecule has 5 heteroatoms. The number of ketones is 1. The molecule has 1 N–H and O–H groups in total. The summed E-state index contributed by atoms with van der Waals surface area (Å²) in [6.45, 7) is 3.59. The van der Waals surface area contributed by atoms with E-state index in [2.05, 4.69) is 34.6 Å². The Morgan fingerprint density at radius 1 is 1.27 bits per heavy atom. The maximum Gasteiger partial charge on any atom is 0.164 e. The van der Waals surface area contributed by atoms with Crippen molar-refractivity contribution in [3.63, 3.8) is 0 Å². The van der Waals surface area contributed by atoms with Gasteiger partial charge in [0.2, 0.25) is 0 Å². The van der Waals surface area contributed by atoms with Gasteiger partial charge in [-0.25, -0.2) is 0 Å². The van der Waals surface area contributed by atoms with Crippen molar-refractivity contribution in [2.24, 2.45) is 15.6 Å². The van der Waals surface area contributed by atoms with E-state index in [0.29, 0.717) is 13.0 Å². The summed E-state index contributed by atoms with van der Waals surface area (Å²) < 4.78 is 5.66. The average Bonchev–Trinajstić information content (AvgIpc) is 3.30. The minimum absolute atomic E-state index is 0.0456. The number of rotatable bonds is 2. The first kappa shape index (κ1) is 15.9. The largest absolute Gasteiger partial charge is 0.381 e. The first-order valence-electron chi connectivity index (χ1n) is 9.46. The third kappa shape index (κ3) is 2.04. The van der Waals surface area contributed by atoms with Gasteiger partial charge in [0.05, 0.1) is 18.2 Å². The first-order chi connectivity index (χ1) is 12.7. The molecule has 1 aromatic rings. The lowest BCUT2D eigenvalue weighted by atomic mass is 9.58. The molecule has 0 saturated carbocycles. The van der Waals surface area contributed by atoms with Crippen LogP contribution in [0.2, 0.25) is 0 Å². The van der Waals surface area contributed by atoms with Crippen molar-refractivity contribution < 1.29 is 9.53 Å². The monoisotopic (exact) mass is 349 g/mol. The third-order valence-electron chi connectivity index (χ3n) is 6.55. The third-order valence-corrected chi connectivity index (χ3v) is 6.55. The number of nitrogens with one attached hydrogen (secondary N) is 1. The van der Waals surface area contributed by atoms with Crippen LogP contribution in [0.15, 0.2) is 63.6 Å². The zero-order valence-corrected chi connectivity index (χ0v) is 15.0. The van der Waals surface area contributed by atoms with Gasteiger partial charge in [0.1, 0.15) is 0 Å². The van der Waals surface area contributed by atoms with Crippen LogP contribution >= 0.6 is 0 Å². The number of allylic oxidation sites excluding steroid dienone is 2. The molecule has 1 saturated heterocycles. The second-order valence-corrected chi connectivity index (χ2v) is 7.92. The molecule has 5 rings (SSSR count). The van der Waals surface area contributed by atoms with Gasteiger partial charge in [-0.05, 0) is 24.8 Å². The minimum Gasteiger partial charge on any atom is -0.381 e. The van der Waals surface area contributed by atoms with Crippen LogP contribution in [0.1, 0.15) is 38.2 Å². The van der Waals surface area contributed by atoms with Crippen molar-refractivity contribution in [2.75, 3.05) is 13.2 Å². The van der Waals surface area contributed by atoms with E-state index in [-0.39, 0.29) is 17.4 Å². The molecule has 3 aliphatic heterocycles. The normalized spacial score (nSPS) is 35.3. The van der Waals surface area contributed by atoms with Gasteiger partial charge in [-0.3, -0.25) is 4.79 Å². The van der Waals surface area contributed by atoms with Gasteiger partial charge in [-0.2, -0.15) is 10.2 Å². The van der Waals surface area contributed by atoms with E-state index < -0.39 is 5.41 Å². The number of ether oxygens (including phenoxy) is 1. The number of Topliss-reactive ketones (excluding diaryl/α,β-unsaturated/α-hetero) is 1. The Kier molecular flexibility index (Phi) is 3.44. The maximum absolute atomic E-state index is 13.5. The number of carbonyl (C=O) groups is 1. The van der Waals surface area contributed by atoms with E-state index in [1.54, 1.807) is 0 Å². The predicted molar refractivity (Wildman–Crippen MR) is 97.4 cm³/mol. The van der Waals surface area contributed by atoms with Crippen molar-refractivity contribution in [3.8, 4) is 0 Å². The van der Waals surface area contributed by atoms with Crippen molar-refractivity contribution >= 4 is 5.78 Å². The molecule has 1 spiro atoms. The average molecular weight is 349 g/mol. The van der Waals surface area contributed by atoms with Gasteiger partial charge in [-0.15, -0.1) is 0 Å². The lowest BCUT2D eigenvalue weighted by molar-refractivity contribution is -0.119. The van der Waals surface area contributed by atoms with Gasteiger partial charge < -0.3 is 10.1 Å². The molecular formula is C21H23N3O2. The zero-order chi connectivity index (χ0) is 17.8. The molecule has 0 aromatic heterocycles. The lowest BCUT2D eigenvalue weighted by Crippen LogP contribution is -2.52. The number of benzene rings is 1. The second-order valence-electron chi connectivity index (χ2n) is 7.92. The quantitative estimate of drug-likeness (QED) is 0.887. The van der Waals surface area contributed by atoms with Crippen LogP contribution in [0.25, 0.3) is 0 Å². The topological polar surface area (TPSA) is 63.0 Å².